The van der Waals surface area contributed by atoms with E-state index in [0.717, 1.165) is 128 Å². The van der Waals surface area contributed by atoms with E-state index in [1.54, 1.807) is 24.3 Å². The van der Waals surface area contributed by atoms with Crippen LogP contribution in [0.15, 0.2) is 24.3 Å². The molecule has 0 aromatic heterocycles. The van der Waals surface area contributed by atoms with Crippen LogP contribution in [0.25, 0.3) is 0 Å². The van der Waals surface area contributed by atoms with Crippen molar-refractivity contribution in [2.45, 2.75) is 360 Å². The van der Waals surface area contributed by atoms with E-state index in [4.69, 9.17) is 0 Å². The zero-order chi connectivity index (χ0) is 69.5. The van der Waals surface area contributed by atoms with Crippen LogP contribution in [0.3, 0.4) is 0 Å². The van der Waals surface area contributed by atoms with Crippen LogP contribution in [0, 0.1) is 45.3 Å². The number of hydrogen-bond donors (Lipinski definition) is 8. The van der Waals surface area contributed by atoms with Crippen LogP contribution in [-0.2, 0) is 0 Å². The maximum atomic E-state index is 12.6. The molecule has 0 spiro atoms. The van der Waals surface area contributed by atoms with Crippen LogP contribution in [0.5, 0.6) is 46.0 Å². The molecule has 1 aliphatic rings. The van der Waals surface area contributed by atoms with Crippen molar-refractivity contribution in [3.8, 4) is 70.3 Å². The maximum Gasteiger partial charge on any atom is 0.140 e. The maximum absolute atomic E-state index is 12.6. The number of phenolic OH excluding ortho intramolecular Hbond substituents is 8. The van der Waals surface area contributed by atoms with Gasteiger partial charge in [0.05, 0.1) is 0 Å². The molecule has 0 unspecified atom stereocenters. The summed E-state index contributed by atoms with van der Waals surface area (Å²) >= 11 is 0. The van der Waals surface area contributed by atoms with Gasteiger partial charge in [-0.25, -0.2) is 0 Å². The average molecular weight is 1320 g/mol. The monoisotopic (exact) mass is 1320 g/mol. The molecule has 8 N–H and O–H groups in total. The molecule has 4 aromatic carbocycles. The minimum atomic E-state index is -0.966. The third kappa shape index (κ3) is 23.8. The number of fused-ring (bicyclic) bond motifs is 8. The third-order valence-corrected chi connectivity index (χ3v) is 21.2. The first-order chi connectivity index (χ1) is 46.8. The molecule has 1 aliphatic carbocycles. The van der Waals surface area contributed by atoms with Gasteiger partial charge in [0.2, 0.25) is 0 Å². The first-order valence-corrected chi connectivity index (χ1v) is 38.8. The number of benzene rings is 4. The number of nitrogens with zero attached hydrogens (tertiary/aromatic N) is 4. The van der Waals surface area contributed by atoms with E-state index < -0.39 is 91.9 Å². The summed E-state index contributed by atoms with van der Waals surface area (Å²) in [6, 6.07) is 15.0. The van der Waals surface area contributed by atoms with Crippen LogP contribution in [0.4, 0.5) is 0 Å². The van der Waals surface area contributed by atoms with E-state index in [-0.39, 0.29) is 70.2 Å². The molecule has 0 amide bonds. The molecular weight excluding hydrogens is 1190 g/mol. The lowest BCUT2D eigenvalue weighted by Crippen LogP contribution is -2.13. The van der Waals surface area contributed by atoms with Crippen molar-refractivity contribution in [3.63, 3.8) is 0 Å². The average Bonchev–Trinajstić information content (AvgIpc) is 0.745. The smallest absolute Gasteiger partial charge is 0.140 e. The van der Waals surface area contributed by atoms with Crippen molar-refractivity contribution in [2.75, 3.05) is 0 Å². The summed E-state index contributed by atoms with van der Waals surface area (Å²) in [5.74, 6) is -8.04. The van der Waals surface area contributed by atoms with E-state index in [1.807, 2.05) is 0 Å². The Morgan fingerprint density at radius 2 is 0.323 bits per heavy atom. The van der Waals surface area contributed by atoms with Crippen LogP contribution in [0.1, 0.15) is 426 Å². The second-order valence-electron chi connectivity index (χ2n) is 28.5. The third-order valence-electron chi connectivity index (χ3n) is 21.2. The van der Waals surface area contributed by atoms with E-state index in [2.05, 4.69) is 52.0 Å². The van der Waals surface area contributed by atoms with Gasteiger partial charge in [-0.05, 0) is 49.9 Å². The predicted octanol–water partition coefficient (Wildman–Crippen LogP) is 24.5. The van der Waals surface area contributed by atoms with Crippen LogP contribution in [-0.4, -0.2) is 40.9 Å². The van der Waals surface area contributed by atoms with Gasteiger partial charge in [0, 0.05) is 68.2 Å². The lowest BCUT2D eigenvalue weighted by Gasteiger charge is -2.30. The molecule has 96 heavy (non-hydrogen) atoms. The summed E-state index contributed by atoms with van der Waals surface area (Å²) in [5, 5.41) is 145. The normalized spacial score (nSPS) is 15.1. The fourth-order valence-electron chi connectivity index (χ4n) is 15.3. The van der Waals surface area contributed by atoms with Gasteiger partial charge in [0.15, 0.2) is 0 Å². The molecule has 12 heteroatoms. The van der Waals surface area contributed by atoms with E-state index >= 15 is 0 Å². The van der Waals surface area contributed by atoms with Gasteiger partial charge in [-0.1, -0.05) is 310 Å². The zero-order valence-electron chi connectivity index (χ0n) is 59.9. The largest absolute Gasteiger partial charge is 0.506 e. The first kappa shape index (κ1) is 79.9. The molecule has 0 saturated heterocycles. The molecule has 0 radical (unpaired) electrons. The second-order valence-corrected chi connectivity index (χ2v) is 28.5. The van der Waals surface area contributed by atoms with Gasteiger partial charge < -0.3 is 40.9 Å². The number of phenols is 8. The summed E-state index contributed by atoms with van der Waals surface area (Å²) in [6.07, 6.45) is 47.8. The summed E-state index contributed by atoms with van der Waals surface area (Å²) in [5.41, 5.74) is -0.288. The SMILES string of the molecule is CCCCCCCCCCCCCC1c2cc(c(O)c(C#N)c2O)C(CCCCCCCCCCCCC)c2cc(c(O)c(C#N)c2O)C(CCCCCCCCCCCCC)c2cc(c(O)c(C#N)c2O)C(CCCCCCCCCCCCC)c2cc1c(O)c(C#N)c2O. The molecule has 0 atom stereocenters. The van der Waals surface area contributed by atoms with Crippen molar-refractivity contribution in [2.24, 2.45) is 0 Å². The Bertz CT molecular complexity index is 2600. The highest BCUT2D eigenvalue weighted by Crippen LogP contribution is 2.56. The lowest BCUT2D eigenvalue weighted by atomic mass is 9.74. The fraction of sp³-hybridized carbons (Fsp3) is 0.667. The highest BCUT2D eigenvalue weighted by Gasteiger charge is 2.37. The molecule has 528 valence electrons. The molecule has 12 nitrogen and oxygen atoms in total. The van der Waals surface area contributed by atoms with Crippen LogP contribution >= 0.6 is 0 Å². The van der Waals surface area contributed by atoms with Gasteiger partial charge >= 0.3 is 0 Å². The van der Waals surface area contributed by atoms with Gasteiger partial charge in [-0.15, -0.1) is 0 Å². The van der Waals surface area contributed by atoms with Gasteiger partial charge in [-0.2, -0.15) is 21.0 Å². The van der Waals surface area contributed by atoms with Crippen molar-refractivity contribution < 1.29 is 40.9 Å². The van der Waals surface area contributed by atoms with Crippen LogP contribution < -0.4 is 0 Å². The van der Waals surface area contributed by atoms with Crippen molar-refractivity contribution in [1.29, 1.82) is 21.0 Å². The standard InChI is InChI=1S/C84H124N4O8/c1-5-9-13-17-21-25-29-33-37-41-45-49-61-65-53-67(79(91)73(57-85)77(65)89)62(50-46-42-38-34-30-26-22-18-14-10-6-2)69-55-71(83(95)75(59-87)81(69)93)64(52-48-44-40-36-32-28-24-20-16-12-8-4)72-56-70(82(94)76(60-88)84(72)96)63(68-54-66(61)78(90)74(58-86)80(68)92)51-47-43-39-35-31-27-23-19-15-11-7-3/h53-56,61-64,89-96H,5-52H2,1-4H3. The van der Waals surface area contributed by atoms with E-state index in [9.17, 15) is 61.9 Å². The first-order valence-electron chi connectivity index (χ1n) is 38.8. The Morgan fingerprint density at radius 3 is 0.438 bits per heavy atom. The van der Waals surface area contributed by atoms with E-state index in [1.165, 1.54) is 128 Å². The Kier molecular flexibility index (Phi) is 38.0. The number of rotatable bonds is 48. The van der Waals surface area contributed by atoms with Crippen molar-refractivity contribution in [3.05, 3.63) is 91.0 Å². The van der Waals surface area contributed by atoms with Gasteiger partial charge in [0.1, 0.15) is 92.5 Å². The number of aromatic hydroxyl groups is 8. The summed E-state index contributed by atoms with van der Waals surface area (Å²) in [6.45, 7) is 8.87. The lowest BCUT2D eigenvalue weighted by molar-refractivity contribution is 0.415. The quantitative estimate of drug-likeness (QED) is 0.0192. The Balaban J connectivity index is 1.80. The minimum Gasteiger partial charge on any atom is -0.506 e. The van der Waals surface area contributed by atoms with Gasteiger partial charge in [-0.3, -0.25) is 0 Å². The molecule has 5 rings (SSSR count). The predicted molar refractivity (Wildman–Crippen MR) is 390 cm³/mol. The topological polar surface area (TPSA) is 257 Å². The second kappa shape index (κ2) is 45.7. The summed E-state index contributed by atoms with van der Waals surface area (Å²) in [4.78, 5) is 0. The number of nitriles is 4. The Labute approximate surface area is 579 Å². The minimum absolute atomic E-state index is 0.176. The molecule has 4 aromatic rings. The fourth-order valence-corrected chi connectivity index (χ4v) is 15.3. The molecule has 0 heterocycles. The van der Waals surface area contributed by atoms with Crippen molar-refractivity contribution in [1.82, 2.24) is 0 Å². The van der Waals surface area contributed by atoms with Gasteiger partial charge in [0.25, 0.3) is 0 Å². The summed E-state index contributed by atoms with van der Waals surface area (Å²) in [7, 11) is 0. The number of unbranched alkanes of at least 4 members (excludes halogenated alkanes) is 40. The Hall–Kier alpha value is -6.76. The Morgan fingerprint density at radius 1 is 0.208 bits per heavy atom. The number of hydrogen-bond acceptors (Lipinski definition) is 12. The highest BCUT2D eigenvalue weighted by atomic mass is 16.3. The molecular formula is C84H124N4O8. The van der Waals surface area contributed by atoms with E-state index in [0.29, 0.717) is 25.7 Å². The van der Waals surface area contributed by atoms with Crippen molar-refractivity contribution >= 4 is 0 Å². The molecule has 0 saturated carbocycles. The summed E-state index contributed by atoms with van der Waals surface area (Å²) < 4.78 is 0. The molecule has 0 fully saturated rings. The molecule has 8 bridgehead atoms. The molecule has 0 aliphatic heterocycles. The zero-order valence-corrected chi connectivity index (χ0v) is 59.9. The van der Waals surface area contributed by atoms with Crippen LogP contribution in [0.2, 0.25) is 0 Å². The highest BCUT2D eigenvalue weighted by molar-refractivity contribution is 5.71.